The summed E-state index contributed by atoms with van der Waals surface area (Å²) in [6.07, 6.45) is 0. The third kappa shape index (κ3) is 2.94. The van der Waals surface area contributed by atoms with Crippen LogP contribution in [0.2, 0.25) is 0 Å². The van der Waals surface area contributed by atoms with Crippen LogP contribution in [0.3, 0.4) is 0 Å². The fraction of sp³-hybridized carbons (Fsp3) is 0.111. The van der Waals surface area contributed by atoms with E-state index in [4.69, 9.17) is 4.74 Å². The van der Waals surface area contributed by atoms with E-state index in [2.05, 4.69) is 4.74 Å². The van der Waals surface area contributed by atoms with Crippen LogP contribution >= 0.6 is 0 Å². The van der Waals surface area contributed by atoms with Crippen LogP contribution in [0.25, 0.3) is 0 Å². The van der Waals surface area contributed by atoms with Crippen molar-refractivity contribution in [1.82, 2.24) is 0 Å². The number of rotatable bonds is 3. The van der Waals surface area contributed by atoms with Crippen molar-refractivity contribution in [2.75, 3.05) is 0 Å². The van der Waals surface area contributed by atoms with Crippen LogP contribution in [0.1, 0.15) is 6.92 Å². The van der Waals surface area contributed by atoms with Crippen molar-refractivity contribution in [2.24, 2.45) is 0 Å². The monoisotopic (exact) mass is 180 g/mol. The summed E-state index contributed by atoms with van der Waals surface area (Å²) in [6.45, 7) is 1.61. The molecule has 4 heteroatoms. The molecule has 0 fully saturated rings. The summed E-state index contributed by atoms with van der Waals surface area (Å²) >= 11 is 0. The van der Waals surface area contributed by atoms with Crippen molar-refractivity contribution in [3.63, 3.8) is 0 Å². The van der Waals surface area contributed by atoms with Crippen LogP contribution in [0.15, 0.2) is 24.3 Å². The Labute approximate surface area is 75.1 Å². The summed E-state index contributed by atoms with van der Waals surface area (Å²) < 4.78 is 9.32. The number of esters is 1. The highest BCUT2D eigenvalue weighted by Gasteiger charge is 1.99. The maximum Gasteiger partial charge on any atom is 0.308 e. The van der Waals surface area contributed by atoms with E-state index in [0.717, 1.165) is 0 Å². The normalized spacial score (nSPS) is 9.00. The van der Waals surface area contributed by atoms with Crippen LogP contribution in [0.4, 0.5) is 0 Å². The van der Waals surface area contributed by atoms with Gasteiger partial charge in [0.05, 0.1) is 0 Å². The summed E-state index contributed by atoms with van der Waals surface area (Å²) in [6, 6.07) is 6.26. The van der Waals surface area contributed by atoms with Gasteiger partial charge in [-0.1, -0.05) is 6.07 Å². The summed E-state index contributed by atoms with van der Waals surface area (Å²) in [5, 5.41) is 0. The summed E-state index contributed by atoms with van der Waals surface area (Å²) in [4.78, 5) is 20.5. The molecule has 0 amide bonds. The van der Waals surface area contributed by atoms with Crippen molar-refractivity contribution < 1.29 is 19.1 Å². The molecule has 0 unspecified atom stereocenters. The van der Waals surface area contributed by atoms with Crippen molar-refractivity contribution in [3.05, 3.63) is 24.3 Å². The minimum Gasteiger partial charge on any atom is -0.429 e. The SMILES string of the molecule is CC(=O)Oc1cccc(OC=O)c1. The van der Waals surface area contributed by atoms with Gasteiger partial charge in [0.1, 0.15) is 11.5 Å². The highest BCUT2D eigenvalue weighted by atomic mass is 16.5. The molecular formula is C9H8O4. The van der Waals surface area contributed by atoms with E-state index in [9.17, 15) is 9.59 Å². The van der Waals surface area contributed by atoms with Gasteiger partial charge in [-0.2, -0.15) is 0 Å². The average molecular weight is 180 g/mol. The number of benzene rings is 1. The lowest BCUT2D eigenvalue weighted by Crippen LogP contribution is -2.01. The van der Waals surface area contributed by atoms with E-state index in [-0.39, 0.29) is 0 Å². The zero-order chi connectivity index (χ0) is 9.68. The second kappa shape index (κ2) is 4.25. The minimum absolute atomic E-state index is 0.312. The van der Waals surface area contributed by atoms with Gasteiger partial charge in [-0.15, -0.1) is 0 Å². The Balaban J connectivity index is 2.78. The minimum atomic E-state index is -0.414. The van der Waals surface area contributed by atoms with E-state index in [1.165, 1.54) is 13.0 Å². The van der Waals surface area contributed by atoms with Crippen molar-refractivity contribution in [2.45, 2.75) is 6.92 Å². The molecule has 0 aromatic heterocycles. The fourth-order valence-electron chi connectivity index (χ4n) is 0.833. The third-order valence-electron chi connectivity index (χ3n) is 1.25. The van der Waals surface area contributed by atoms with E-state index in [1.807, 2.05) is 0 Å². The standard InChI is InChI=1S/C9H8O4/c1-7(11)13-9-4-2-3-8(5-9)12-6-10/h2-6H,1H3. The second-order valence-corrected chi connectivity index (χ2v) is 2.28. The van der Waals surface area contributed by atoms with Gasteiger partial charge in [0.2, 0.25) is 0 Å². The summed E-state index contributed by atoms with van der Waals surface area (Å²) in [5.41, 5.74) is 0. The topological polar surface area (TPSA) is 52.6 Å². The molecule has 0 saturated heterocycles. The van der Waals surface area contributed by atoms with Crippen LogP contribution in [-0.4, -0.2) is 12.4 Å². The first-order valence-electron chi connectivity index (χ1n) is 3.61. The molecular weight excluding hydrogens is 172 g/mol. The van der Waals surface area contributed by atoms with Crippen molar-refractivity contribution in [3.8, 4) is 11.5 Å². The first-order chi connectivity index (χ1) is 6.22. The maximum atomic E-state index is 10.5. The Morgan fingerprint density at radius 2 is 2.08 bits per heavy atom. The molecule has 0 aliphatic carbocycles. The summed E-state index contributed by atoms with van der Waals surface area (Å²) in [7, 11) is 0. The van der Waals surface area contributed by atoms with Crippen LogP contribution in [0.5, 0.6) is 11.5 Å². The molecule has 13 heavy (non-hydrogen) atoms. The molecule has 0 radical (unpaired) electrons. The number of hydrogen-bond acceptors (Lipinski definition) is 4. The number of carbonyl (C=O) groups is 2. The smallest absolute Gasteiger partial charge is 0.308 e. The Bertz CT molecular complexity index is 319. The predicted molar refractivity (Wildman–Crippen MR) is 44.4 cm³/mol. The molecule has 0 atom stereocenters. The maximum absolute atomic E-state index is 10.5. The lowest BCUT2D eigenvalue weighted by atomic mass is 10.3. The van der Waals surface area contributed by atoms with Gasteiger partial charge in [-0.3, -0.25) is 9.59 Å². The van der Waals surface area contributed by atoms with Gasteiger partial charge >= 0.3 is 5.97 Å². The Kier molecular flexibility index (Phi) is 3.03. The van der Waals surface area contributed by atoms with E-state index in [0.29, 0.717) is 18.0 Å². The van der Waals surface area contributed by atoms with Gasteiger partial charge in [-0.25, -0.2) is 0 Å². The van der Waals surface area contributed by atoms with Crippen molar-refractivity contribution >= 4 is 12.4 Å². The van der Waals surface area contributed by atoms with E-state index in [1.54, 1.807) is 18.2 Å². The fourth-order valence-corrected chi connectivity index (χ4v) is 0.833. The van der Waals surface area contributed by atoms with Gasteiger partial charge in [0.15, 0.2) is 0 Å². The van der Waals surface area contributed by atoms with Crippen LogP contribution < -0.4 is 9.47 Å². The molecule has 1 rings (SSSR count). The molecule has 0 N–H and O–H groups in total. The molecule has 0 spiro atoms. The molecule has 0 aliphatic heterocycles. The van der Waals surface area contributed by atoms with E-state index >= 15 is 0 Å². The first kappa shape index (κ1) is 9.25. The highest BCUT2D eigenvalue weighted by molar-refractivity contribution is 5.69. The quantitative estimate of drug-likeness (QED) is 0.397. The molecule has 4 nitrogen and oxygen atoms in total. The molecule has 1 aromatic rings. The van der Waals surface area contributed by atoms with Gasteiger partial charge in [0, 0.05) is 13.0 Å². The summed E-state index contributed by atoms with van der Waals surface area (Å²) in [5.74, 6) is 0.281. The zero-order valence-electron chi connectivity index (χ0n) is 7.02. The van der Waals surface area contributed by atoms with Crippen molar-refractivity contribution in [1.29, 1.82) is 0 Å². The predicted octanol–water partition coefficient (Wildman–Crippen LogP) is 1.15. The van der Waals surface area contributed by atoms with E-state index < -0.39 is 5.97 Å². The molecule has 0 heterocycles. The first-order valence-corrected chi connectivity index (χ1v) is 3.61. The third-order valence-corrected chi connectivity index (χ3v) is 1.25. The highest BCUT2D eigenvalue weighted by Crippen LogP contribution is 2.18. The largest absolute Gasteiger partial charge is 0.429 e. The lowest BCUT2D eigenvalue weighted by molar-refractivity contribution is -0.131. The number of hydrogen-bond donors (Lipinski definition) is 0. The average Bonchev–Trinajstić information content (AvgIpc) is 2.04. The zero-order valence-corrected chi connectivity index (χ0v) is 7.02. The lowest BCUT2D eigenvalue weighted by Gasteiger charge is -2.02. The molecule has 0 aliphatic rings. The van der Waals surface area contributed by atoms with Gasteiger partial charge in [-0.05, 0) is 12.1 Å². The number of carbonyl (C=O) groups excluding carboxylic acids is 2. The molecule has 0 bridgehead atoms. The Hall–Kier alpha value is -1.84. The van der Waals surface area contributed by atoms with Gasteiger partial charge in [0.25, 0.3) is 6.47 Å². The second-order valence-electron chi connectivity index (χ2n) is 2.28. The number of ether oxygens (including phenoxy) is 2. The Morgan fingerprint density at radius 3 is 2.69 bits per heavy atom. The molecule has 1 aromatic carbocycles. The molecule has 68 valence electrons. The van der Waals surface area contributed by atoms with Gasteiger partial charge < -0.3 is 9.47 Å². The van der Waals surface area contributed by atoms with Crippen LogP contribution in [-0.2, 0) is 9.59 Å². The Morgan fingerprint density at radius 1 is 1.38 bits per heavy atom. The molecule has 0 saturated carbocycles. The van der Waals surface area contributed by atoms with Crippen LogP contribution in [0, 0.1) is 0 Å².